The van der Waals surface area contributed by atoms with Crippen LogP contribution in [0.3, 0.4) is 0 Å². The van der Waals surface area contributed by atoms with Gasteiger partial charge in [-0.3, -0.25) is 9.59 Å². The molecule has 8 heteroatoms. The molecule has 29 heavy (non-hydrogen) atoms. The number of hydrogen-bond acceptors (Lipinski definition) is 6. The van der Waals surface area contributed by atoms with Crippen molar-refractivity contribution in [1.82, 2.24) is 4.90 Å². The maximum atomic E-state index is 12.8. The molecule has 1 atom stereocenters. The monoisotopic (exact) mass is 419 g/mol. The van der Waals surface area contributed by atoms with Gasteiger partial charge in [0, 0.05) is 12.1 Å². The molecule has 1 fully saturated rings. The Kier molecular flexibility index (Phi) is 6.30. The molecule has 1 N–H and O–H groups in total. The first-order chi connectivity index (χ1) is 13.8. The van der Waals surface area contributed by atoms with Gasteiger partial charge in [-0.05, 0) is 44.2 Å². The third kappa shape index (κ3) is 4.16. The Morgan fingerprint density at radius 3 is 2.69 bits per heavy atom. The summed E-state index contributed by atoms with van der Waals surface area (Å²) < 4.78 is 16.2. The standard InChI is InChI=1S/C21H22ClNO6/c1-12(2)28-10-8-23-18(16-5-4-9-29-16)17(20(25)21(23)26)19(24)14-11-13(27-3)6-7-15(14)22/h4-7,9,11-12,18,24H,8,10H2,1-3H3/b19-17-. The van der Waals surface area contributed by atoms with Crippen molar-refractivity contribution in [2.75, 3.05) is 20.3 Å². The number of aliphatic hydroxyl groups is 1. The van der Waals surface area contributed by atoms with Crippen LogP contribution >= 0.6 is 11.6 Å². The Morgan fingerprint density at radius 2 is 2.07 bits per heavy atom. The summed E-state index contributed by atoms with van der Waals surface area (Å²) in [5.41, 5.74) is 0.101. The zero-order valence-electron chi connectivity index (χ0n) is 16.3. The maximum absolute atomic E-state index is 12.8. The third-order valence-corrected chi connectivity index (χ3v) is 4.89. The highest BCUT2D eigenvalue weighted by molar-refractivity contribution is 6.46. The van der Waals surface area contributed by atoms with Crippen LogP contribution in [0.4, 0.5) is 0 Å². The number of carbonyl (C=O) groups excluding carboxylic acids is 2. The van der Waals surface area contributed by atoms with Gasteiger partial charge in [-0.2, -0.15) is 0 Å². The smallest absolute Gasteiger partial charge is 0.295 e. The van der Waals surface area contributed by atoms with Crippen molar-refractivity contribution in [3.63, 3.8) is 0 Å². The van der Waals surface area contributed by atoms with Crippen molar-refractivity contribution in [1.29, 1.82) is 0 Å². The van der Waals surface area contributed by atoms with Crippen molar-refractivity contribution >= 4 is 29.1 Å². The molecular weight excluding hydrogens is 398 g/mol. The molecule has 1 amide bonds. The van der Waals surface area contributed by atoms with E-state index in [9.17, 15) is 14.7 Å². The number of nitrogens with zero attached hydrogens (tertiary/aromatic N) is 1. The van der Waals surface area contributed by atoms with E-state index in [0.29, 0.717) is 11.5 Å². The largest absolute Gasteiger partial charge is 0.507 e. The number of amides is 1. The molecule has 154 valence electrons. The summed E-state index contributed by atoms with van der Waals surface area (Å²) >= 11 is 6.24. The van der Waals surface area contributed by atoms with Crippen LogP contribution in [0.1, 0.15) is 31.2 Å². The molecule has 0 aliphatic carbocycles. The van der Waals surface area contributed by atoms with Crippen molar-refractivity contribution < 1.29 is 28.6 Å². The maximum Gasteiger partial charge on any atom is 0.295 e. The Hall–Kier alpha value is -2.77. The molecule has 0 bridgehead atoms. The number of halogens is 1. The van der Waals surface area contributed by atoms with Gasteiger partial charge in [-0.1, -0.05) is 11.6 Å². The quantitative estimate of drug-likeness (QED) is 0.417. The fourth-order valence-electron chi connectivity index (χ4n) is 3.20. The third-order valence-electron chi connectivity index (χ3n) is 4.56. The predicted octanol–water partition coefficient (Wildman–Crippen LogP) is 3.79. The molecule has 3 rings (SSSR count). The second-order valence-electron chi connectivity index (χ2n) is 6.77. The Bertz CT molecular complexity index is 935. The van der Waals surface area contributed by atoms with Gasteiger partial charge in [-0.25, -0.2) is 0 Å². The van der Waals surface area contributed by atoms with Crippen LogP contribution < -0.4 is 4.74 Å². The molecular formula is C21H22ClNO6. The van der Waals surface area contributed by atoms with Gasteiger partial charge in [0.05, 0.1) is 36.7 Å². The first kappa shape index (κ1) is 21.0. The van der Waals surface area contributed by atoms with E-state index in [1.54, 1.807) is 24.3 Å². The number of carbonyl (C=O) groups is 2. The van der Waals surface area contributed by atoms with Crippen molar-refractivity contribution in [2.45, 2.75) is 26.0 Å². The molecule has 1 aliphatic rings. The van der Waals surface area contributed by atoms with E-state index in [0.717, 1.165) is 0 Å². The minimum absolute atomic E-state index is 0.0236. The number of ether oxygens (including phenoxy) is 2. The summed E-state index contributed by atoms with van der Waals surface area (Å²) in [6.07, 6.45) is 1.42. The fraction of sp³-hybridized carbons (Fsp3) is 0.333. The van der Waals surface area contributed by atoms with Crippen LogP contribution in [0.15, 0.2) is 46.6 Å². The van der Waals surface area contributed by atoms with Crippen LogP contribution in [0.5, 0.6) is 5.75 Å². The number of rotatable bonds is 7. The number of furan rings is 1. The Labute approximate surface area is 173 Å². The van der Waals surface area contributed by atoms with Gasteiger partial charge >= 0.3 is 0 Å². The van der Waals surface area contributed by atoms with E-state index in [4.69, 9.17) is 25.5 Å². The minimum Gasteiger partial charge on any atom is -0.507 e. The zero-order valence-corrected chi connectivity index (χ0v) is 17.1. The van der Waals surface area contributed by atoms with E-state index in [-0.39, 0.29) is 41.2 Å². The van der Waals surface area contributed by atoms with Crippen LogP contribution in [-0.4, -0.2) is 48.1 Å². The highest BCUT2D eigenvalue weighted by Gasteiger charge is 2.47. The first-order valence-electron chi connectivity index (χ1n) is 9.12. The molecule has 0 radical (unpaired) electrons. The minimum atomic E-state index is -0.886. The lowest BCUT2D eigenvalue weighted by atomic mass is 9.99. The van der Waals surface area contributed by atoms with Gasteiger partial charge in [0.15, 0.2) is 0 Å². The predicted molar refractivity (Wildman–Crippen MR) is 107 cm³/mol. The average Bonchev–Trinajstić information content (AvgIpc) is 3.30. The molecule has 1 unspecified atom stereocenters. The van der Waals surface area contributed by atoms with Crippen molar-refractivity contribution in [2.24, 2.45) is 0 Å². The zero-order chi connectivity index (χ0) is 21.1. The summed E-state index contributed by atoms with van der Waals surface area (Å²) in [6.45, 7) is 4.16. The number of methoxy groups -OCH3 is 1. The molecule has 0 spiro atoms. The SMILES string of the molecule is COc1ccc(Cl)c(/C(O)=C2/C(=O)C(=O)N(CCOC(C)C)C2c2ccco2)c1. The molecule has 1 saturated heterocycles. The highest BCUT2D eigenvalue weighted by atomic mass is 35.5. The van der Waals surface area contributed by atoms with E-state index in [1.165, 1.54) is 24.3 Å². The summed E-state index contributed by atoms with van der Waals surface area (Å²) in [7, 11) is 1.48. The molecule has 2 heterocycles. The number of ketones is 1. The topological polar surface area (TPSA) is 89.2 Å². The van der Waals surface area contributed by atoms with E-state index >= 15 is 0 Å². The number of hydrogen-bond donors (Lipinski definition) is 1. The summed E-state index contributed by atoms with van der Waals surface area (Å²) in [6, 6.07) is 7.09. The summed E-state index contributed by atoms with van der Waals surface area (Å²) in [5.74, 6) is -1.13. The van der Waals surface area contributed by atoms with E-state index < -0.39 is 17.7 Å². The van der Waals surface area contributed by atoms with Gasteiger partial charge < -0.3 is 23.9 Å². The number of Topliss-reactive ketones (excluding diaryl/α,β-unsaturated/α-hetero) is 1. The van der Waals surface area contributed by atoms with Gasteiger partial charge in [0.2, 0.25) is 0 Å². The second kappa shape index (κ2) is 8.71. The Balaban J connectivity index is 2.09. The van der Waals surface area contributed by atoms with E-state index in [1.807, 2.05) is 13.8 Å². The van der Waals surface area contributed by atoms with Crippen LogP contribution in [-0.2, 0) is 14.3 Å². The highest BCUT2D eigenvalue weighted by Crippen LogP contribution is 2.41. The lowest BCUT2D eigenvalue weighted by Crippen LogP contribution is -2.33. The van der Waals surface area contributed by atoms with Crippen molar-refractivity contribution in [3.05, 3.63) is 58.5 Å². The molecule has 1 aromatic carbocycles. The molecule has 1 aliphatic heterocycles. The summed E-state index contributed by atoms with van der Waals surface area (Å²) in [4.78, 5) is 26.9. The molecule has 7 nitrogen and oxygen atoms in total. The second-order valence-corrected chi connectivity index (χ2v) is 7.18. The first-order valence-corrected chi connectivity index (χ1v) is 9.50. The molecule has 1 aromatic heterocycles. The van der Waals surface area contributed by atoms with Crippen LogP contribution in [0.25, 0.3) is 5.76 Å². The van der Waals surface area contributed by atoms with Crippen LogP contribution in [0, 0.1) is 0 Å². The van der Waals surface area contributed by atoms with Gasteiger partial charge in [0.25, 0.3) is 11.7 Å². The van der Waals surface area contributed by atoms with Gasteiger partial charge in [0.1, 0.15) is 23.3 Å². The lowest BCUT2D eigenvalue weighted by Gasteiger charge is -2.23. The fourth-order valence-corrected chi connectivity index (χ4v) is 3.41. The van der Waals surface area contributed by atoms with E-state index in [2.05, 4.69) is 0 Å². The normalized spacial score (nSPS) is 18.7. The number of benzene rings is 1. The number of likely N-dealkylation sites (tertiary alicyclic amines) is 1. The summed E-state index contributed by atoms with van der Waals surface area (Å²) in [5, 5.41) is 11.2. The van der Waals surface area contributed by atoms with Crippen LogP contribution in [0.2, 0.25) is 5.02 Å². The van der Waals surface area contributed by atoms with Crippen molar-refractivity contribution in [3.8, 4) is 5.75 Å². The average molecular weight is 420 g/mol. The van der Waals surface area contributed by atoms with Gasteiger partial charge in [-0.15, -0.1) is 0 Å². The lowest BCUT2D eigenvalue weighted by molar-refractivity contribution is -0.140. The molecule has 2 aromatic rings. The Morgan fingerprint density at radius 1 is 1.31 bits per heavy atom. The molecule has 0 saturated carbocycles. The number of aliphatic hydroxyl groups excluding tert-OH is 1.